The van der Waals surface area contributed by atoms with Crippen molar-refractivity contribution in [2.45, 2.75) is 70.9 Å². The van der Waals surface area contributed by atoms with E-state index in [2.05, 4.69) is 31.4 Å². The van der Waals surface area contributed by atoms with Gasteiger partial charge in [-0.25, -0.2) is 4.99 Å². The van der Waals surface area contributed by atoms with Gasteiger partial charge in [0.1, 0.15) is 6.04 Å². The first-order valence-electron chi connectivity index (χ1n) is 14.0. The molecule has 7 nitrogen and oxygen atoms in total. The fraction of sp³-hybridized carbons (Fsp3) is 0.333. The normalized spacial score (nSPS) is 16.1. The summed E-state index contributed by atoms with van der Waals surface area (Å²) < 4.78 is 37.6. The standard InChI is InChI=1S/C33H35F3N4O3/c1-21(37-27(41)18-19-33(34,35)36)30(42)39-29-31(43)40(20-22-14-16-24(17-15-22)32(2,3)4)26-13-9-8-12-25(26)28(38-29)23-10-6-5-7-11-23/h5-17,21,29H,18-20H2,1-4H3,(H,37,41)(H,39,42)/t21-,29?/m0/s1. The number of amides is 3. The highest BCUT2D eigenvalue weighted by atomic mass is 19.4. The third-order valence-electron chi connectivity index (χ3n) is 7.10. The van der Waals surface area contributed by atoms with Gasteiger partial charge in [-0.05, 0) is 29.5 Å². The number of hydrogen-bond acceptors (Lipinski definition) is 4. The first-order chi connectivity index (χ1) is 20.2. The van der Waals surface area contributed by atoms with Crippen molar-refractivity contribution in [1.29, 1.82) is 0 Å². The van der Waals surface area contributed by atoms with Crippen LogP contribution in [0.2, 0.25) is 0 Å². The van der Waals surface area contributed by atoms with Gasteiger partial charge in [-0.15, -0.1) is 0 Å². The molecule has 0 saturated heterocycles. The second kappa shape index (κ2) is 12.8. The average molecular weight is 593 g/mol. The van der Waals surface area contributed by atoms with Gasteiger partial charge in [0.2, 0.25) is 18.0 Å². The molecule has 0 bridgehead atoms. The highest BCUT2D eigenvalue weighted by Crippen LogP contribution is 2.30. The number of benzene rings is 3. The fourth-order valence-corrected chi connectivity index (χ4v) is 4.70. The van der Waals surface area contributed by atoms with E-state index in [4.69, 9.17) is 4.99 Å². The van der Waals surface area contributed by atoms with E-state index in [0.29, 0.717) is 17.0 Å². The van der Waals surface area contributed by atoms with Gasteiger partial charge in [0.25, 0.3) is 5.91 Å². The topological polar surface area (TPSA) is 90.9 Å². The van der Waals surface area contributed by atoms with Gasteiger partial charge in [0.15, 0.2) is 0 Å². The largest absolute Gasteiger partial charge is 0.389 e. The fourth-order valence-electron chi connectivity index (χ4n) is 4.70. The van der Waals surface area contributed by atoms with E-state index in [-0.39, 0.29) is 12.0 Å². The maximum absolute atomic E-state index is 14.1. The summed E-state index contributed by atoms with van der Waals surface area (Å²) >= 11 is 0. The Labute approximate surface area is 249 Å². The Morgan fingerprint density at radius 2 is 1.56 bits per heavy atom. The Balaban J connectivity index is 1.67. The van der Waals surface area contributed by atoms with Crippen LogP contribution in [-0.4, -0.2) is 41.8 Å². The van der Waals surface area contributed by atoms with Crippen LogP contribution >= 0.6 is 0 Å². The molecule has 0 radical (unpaired) electrons. The van der Waals surface area contributed by atoms with Crippen LogP contribution in [0.15, 0.2) is 83.9 Å². The summed E-state index contributed by atoms with van der Waals surface area (Å²) in [4.78, 5) is 45.6. The molecule has 1 heterocycles. The van der Waals surface area contributed by atoms with E-state index in [1.165, 1.54) is 6.92 Å². The number of nitrogens with zero attached hydrogens (tertiary/aromatic N) is 2. The van der Waals surface area contributed by atoms with E-state index >= 15 is 0 Å². The SMILES string of the molecule is C[C@H](NC(=O)CCC(F)(F)F)C(=O)NC1N=C(c2ccccc2)c2ccccc2N(Cc2ccc(C(C)(C)C)cc2)C1=O. The number of anilines is 1. The van der Waals surface area contributed by atoms with Crippen LogP contribution in [0, 0.1) is 0 Å². The molecule has 0 aliphatic carbocycles. The van der Waals surface area contributed by atoms with Crippen molar-refractivity contribution in [3.05, 3.63) is 101 Å². The van der Waals surface area contributed by atoms with Crippen molar-refractivity contribution in [1.82, 2.24) is 10.6 Å². The van der Waals surface area contributed by atoms with Gasteiger partial charge in [-0.2, -0.15) is 13.2 Å². The molecule has 3 aromatic carbocycles. The molecule has 3 amide bonds. The van der Waals surface area contributed by atoms with E-state index in [1.54, 1.807) is 4.90 Å². The summed E-state index contributed by atoms with van der Waals surface area (Å²) in [7, 11) is 0. The van der Waals surface area contributed by atoms with Gasteiger partial charge in [0.05, 0.1) is 24.4 Å². The number of rotatable bonds is 8. The predicted molar refractivity (Wildman–Crippen MR) is 160 cm³/mol. The third kappa shape index (κ3) is 8.09. The molecule has 0 aromatic heterocycles. The maximum Gasteiger partial charge on any atom is 0.389 e. The van der Waals surface area contributed by atoms with Crippen LogP contribution in [0.25, 0.3) is 0 Å². The lowest BCUT2D eigenvalue weighted by Crippen LogP contribution is -2.52. The van der Waals surface area contributed by atoms with Crippen LogP contribution in [0.4, 0.5) is 18.9 Å². The number of alkyl halides is 3. The Morgan fingerprint density at radius 3 is 2.19 bits per heavy atom. The lowest BCUT2D eigenvalue weighted by Gasteiger charge is -2.27. The molecule has 2 atom stereocenters. The predicted octanol–water partition coefficient (Wildman–Crippen LogP) is 5.66. The zero-order chi connectivity index (χ0) is 31.4. The first kappa shape index (κ1) is 31.5. The van der Waals surface area contributed by atoms with E-state index in [0.717, 1.165) is 16.7 Å². The Bertz CT molecular complexity index is 1500. The lowest BCUT2D eigenvalue weighted by molar-refractivity contribution is -0.144. The van der Waals surface area contributed by atoms with Crippen molar-refractivity contribution >= 4 is 29.1 Å². The number of carbonyl (C=O) groups is 3. The van der Waals surface area contributed by atoms with Gasteiger partial charge in [-0.3, -0.25) is 14.4 Å². The number of halogens is 3. The molecule has 226 valence electrons. The third-order valence-corrected chi connectivity index (χ3v) is 7.10. The van der Waals surface area contributed by atoms with Gasteiger partial charge in [-0.1, -0.05) is 93.6 Å². The Morgan fingerprint density at radius 1 is 0.930 bits per heavy atom. The second-order valence-corrected chi connectivity index (χ2v) is 11.5. The number of benzodiazepines with no additional fused rings is 1. The van der Waals surface area contributed by atoms with Gasteiger partial charge in [0, 0.05) is 17.5 Å². The van der Waals surface area contributed by atoms with E-state index in [1.807, 2.05) is 78.9 Å². The Hall–Kier alpha value is -4.47. The van der Waals surface area contributed by atoms with Crippen LogP contribution < -0.4 is 15.5 Å². The highest BCUT2D eigenvalue weighted by molar-refractivity contribution is 6.20. The summed E-state index contributed by atoms with van der Waals surface area (Å²) in [5, 5.41) is 4.89. The average Bonchev–Trinajstić information content (AvgIpc) is 3.07. The van der Waals surface area contributed by atoms with Crippen molar-refractivity contribution in [3.8, 4) is 0 Å². The number of carbonyl (C=O) groups excluding carboxylic acids is 3. The van der Waals surface area contributed by atoms with Crippen molar-refractivity contribution in [2.24, 2.45) is 4.99 Å². The van der Waals surface area contributed by atoms with Crippen LogP contribution in [-0.2, 0) is 26.3 Å². The quantitative estimate of drug-likeness (QED) is 0.354. The monoisotopic (exact) mass is 592 g/mol. The summed E-state index contributed by atoms with van der Waals surface area (Å²) in [6.07, 6.45) is -7.97. The number of nitrogens with one attached hydrogen (secondary N) is 2. The highest BCUT2D eigenvalue weighted by Gasteiger charge is 2.34. The van der Waals surface area contributed by atoms with Crippen LogP contribution in [0.3, 0.4) is 0 Å². The summed E-state index contributed by atoms with van der Waals surface area (Å²) in [5.41, 5.74) is 4.49. The molecule has 10 heteroatoms. The van der Waals surface area contributed by atoms with Crippen molar-refractivity contribution in [3.63, 3.8) is 0 Å². The molecule has 0 saturated carbocycles. The lowest BCUT2D eigenvalue weighted by atomic mass is 9.86. The Kier molecular flexibility index (Phi) is 9.37. The first-order valence-corrected chi connectivity index (χ1v) is 14.0. The molecule has 0 fully saturated rings. The van der Waals surface area contributed by atoms with Crippen LogP contribution in [0.5, 0.6) is 0 Å². The minimum atomic E-state index is -4.50. The van der Waals surface area contributed by atoms with Gasteiger partial charge < -0.3 is 15.5 Å². The molecule has 4 rings (SSSR count). The molecule has 1 unspecified atom stereocenters. The minimum absolute atomic E-state index is 0.0454. The molecule has 1 aliphatic heterocycles. The summed E-state index contributed by atoms with van der Waals surface area (Å²) in [5.74, 6) is -2.18. The maximum atomic E-state index is 14.1. The molecule has 3 aromatic rings. The smallest absolute Gasteiger partial charge is 0.345 e. The van der Waals surface area contributed by atoms with Crippen molar-refractivity contribution < 1.29 is 27.6 Å². The second-order valence-electron chi connectivity index (χ2n) is 11.5. The number of aliphatic imine (C=N–C) groups is 1. The summed E-state index contributed by atoms with van der Waals surface area (Å²) in [6.45, 7) is 7.89. The molecule has 0 spiro atoms. The molecular weight excluding hydrogens is 557 g/mol. The van der Waals surface area contributed by atoms with E-state index < -0.39 is 48.9 Å². The number of hydrogen-bond donors (Lipinski definition) is 2. The van der Waals surface area contributed by atoms with E-state index in [9.17, 15) is 27.6 Å². The molecule has 2 N–H and O–H groups in total. The zero-order valence-electron chi connectivity index (χ0n) is 24.5. The van der Waals surface area contributed by atoms with Crippen LogP contribution in [0.1, 0.15) is 62.8 Å². The number of para-hydroxylation sites is 1. The molecule has 43 heavy (non-hydrogen) atoms. The molecular formula is C33H35F3N4O3. The number of fused-ring (bicyclic) bond motifs is 1. The summed E-state index contributed by atoms with van der Waals surface area (Å²) in [6, 6.07) is 23.4. The molecule has 1 aliphatic rings. The minimum Gasteiger partial charge on any atom is -0.345 e. The van der Waals surface area contributed by atoms with Crippen molar-refractivity contribution in [2.75, 3.05) is 4.90 Å². The zero-order valence-corrected chi connectivity index (χ0v) is 24.5. The van der Waals surface area contributed by atoms with Gasteiger partial charge >= 0.3 is 6.18 Å².